The number of hydrogen-bond donors (Lipinski definition) is 2. The molecule has 2 rings (SSSR count). The zero-order chi connectivity index (χ0) is 14.0. The minimum atomic E-state index is -0.577. The molecule has 1 aliphatic heterocycles. The lowest BCUT2D eigenvalue weighted by Crippen LogP contribution is -2.61. The Morgan fingerprint density at radius 1 is 1.32 bits per heavy atom. The van der Waals surface area contributed by atoms with Crippen molar-refractivity contribution in [2.75, 3.05) is 33.7 Å². The van der Waals surface area contributed by atoms with Crippen molar-refractivity contribution in [1.82, 2.24) is 15.1 Å². The number of carbonyl (C=O) groups excluding carboxylic acids is 1. The normalized spacial score (nSPS) is 25.5. The number of carbonyl (C=O) groups is 1. The van der Waals surface area contributed by atoms with Crippen LogP contribution in [0, 0.1) is 0 Å². The van der Waals surface area contributed by atoms with Crippen molar-refractivity contribution in [2.24, 2.45) is 5.73 Å². The lowest BCUT2D eigenvalue weighted by Gasteiger charge is -2.39. The van der Waals surface area contributed by atoms with Gasteiger partial charge in [-0.25, -0.2) is 0 Å². The van der Waals surface area contributed by atoms with Gasteiger partial charge in [0.15, 0.2) is 0 Å². The Balaban J connectivity index is 1.86. The van der Waals surface area contributed by atoms with Crippen molar-refractivity contribution in [2.45, 2.75) is 50.2 Å². The summed E-state index contributed by atoms with van der Waals surface area (Å²) >= 11 is 0. The van der Waals surface area contributed by atoms with E-state index in [0.717, 1.165) is 19.6 Å². The molecule has 5 heteroatoms. The average Bonchev–Trinajstić information content (AvgIpc) is 3.13. The molecule has 1 unspecified atom stereocenters. The van der Waals surface area contributed by atoms with E-state index in [-0.39, 0.29) is 5.91 Å². The highest BCUT2D eigenvalue weighted by Gasteiger charge is 2.39. The number of likely N-dealkylation sites (tertiary alicyclic amines) is 1. The molecule has 1 amide bonds. The lowest BCUT2D eigenvalue weighted by atomic mass is 9.97. The van der Waals surface area contributed by atoms with Crippen molar-refractivity contribution in [3.8, 4) is 0 Å². The third-order valence-electron chi connectivity index (χ3n) is 4.47. The maximum atomic E-state index is 11.8. The van der Waals surface area contributed by atoms with Crippen molar-refractivity contribution in [3.05, 3.63) is 0 Å². The summed E-state index contributed by atoms with van der Waals surface area (Å²) in [6, 6.07) is 1.17. The molecule has 1 atom stereocenters. The molecule has 1 saturated carbocycles. The molecule has 5 nitrogen and oxygen atoms in total. The van der Waals surface area contributed by atoms with Gasteiger partial charge in [-0.15, -0.1) is 0 Å². The fourth-order valence-corrected chi connectivity index (χ4v) is 2.91. The number of rotatable bonds is 6. The molecule has 0 bridgehead atoms. The predicted molar refractivity (Wildman–Crippen MR) is 76.9 cm³/mol. The van der Waals surface area contributed by atoms with Crippen LogP contribution in [0.4, 0.5) is 0 Å². The maximum absolute atomic E-state index is 11.8. The Morgan fingerprint density at radius 2 is 1.89 bits per heavy atom. The summed E-state index contributed by atoms with van der Waals surface area (Å²) in [5.74, 6) is -0.228. The molecule has 1 aliphatic carbocycles. The molecule has 0 aromatic heterocycles. The van der Waals surface area contributed by atoms with Crippen LogP contribution >= 0.6 is 0 Å². The Labute approximate surface area is 116 Å². The van der Waals surface area contributed by atoms with E-state index in [9.17, 15) is 4.79 Å². The highest BCUT2D eigenvalue weighted by Crippen LogP contribution is 2.24. The van der Waals surface area contributed by atoms with E-state index in [4.69, 9.17) is 5.73 Å². The zero-order valence-electron chi connectivity index (χ0n) is 12.5. The smallest absolute Gasteiger partial charge is 0.238 e. The summed E-state index contributed by atoms with van der Waals surface area (Å²) in [7, 11) is 4.28. The molecule has 0 spiro atoms. The Bertz CT molecular complexity index is 321. The largest absolute Gasteiger partial charge is 0.368 e. The number of piperidine rings is 1. The summed E-state index contributed by atoms with van der Waals surface area (Å²) in [5, 5.41) is 3.42. The molecular formula is C14H28N4O. The number of hydrogen-bond acceptors (Lipinski definition) is 4. The second kappa shape index (κ2) is 5.77. The molecule has 2 fully saturated rings. The van der Waals surface area contributed by atoms with Crippen LogP contribution in [0.3, 0.4) is 0 Å². The van der Waals surface area contributed by atoms with Crippen LogP contribution in [0.2, 0.25) is 0 Å². The quantitative estimate of drug-likeness (QED) is 0.712. The third kappa shape index (κ3) is 3.91. The van der Waals surface area contributed by atoms with E-state index in [0.29, 0.717) is 12.1 Å². The summed E-state index contributed by atoms with van der Waals surface area (Å²) < 4.78 is 0. The monoisotopic (exact) mass is 268 g/mol. The minimum absolute atomic E-state index is 0.228. The minimum Gasteiger partial charge on any atom is -0.368 e. The first-order valence-corrected chi connectivity index (χ1v) is 7.37. The van der Waals surface area contributed by atoms with Crippen LogP contribution in [0.15, 0.2) is 0 Å². The molecule has 19 heavy (non-hydrogen) atoms. The second-order valence-electron chi connectivity index (χ2n) is 6.59. The highest BCUT2D eigenvalue weighted by atomic mass is 16.1. The molecule has 3 N–H and O–H groups in total. The van der Waals surface area contributed by atoms with Gasteiger partial charge in [0.2, 0.25) is 5.91 Å². The van der Waals surface area contributed by atoms with Gasteiger partial charge in [-0.05, 0) is 59.8 Å². The van der Waals surface area contributed by atoms with Gasteiger partial charge in [0, 0.05) is 18.6 Å². The SMILES string of the molecule is CN(C)C1CCN(CC(C)(NC2CC2)C(N)=O)CC1. The topological polar surface area (TPSA) is 61.6 Å². The Kier molecular flexibility index (Phi) is 4.48. The number of nitrogens with zero attached hydrogens (tertiary/aromatic N) is 2. The third-order valence-corrected chi connectivity index (χ3v) is 4.47. The Hall–Kier alpha value is -0.650. The van der Waals surface area contributed by atoms with Gasteiger partial charge < -0.3 is 15.5 Å². The van der Waals surface area contributed by atoms with E-state index < -0.39 is 5.54 Å². The standard InChI is InChI=1S/C14H28N4O/c1-14(13(15)19,16-11-4-5-11)10-18-8-6-12(7-9-18)17(2)3/h11-12,16H,4-10H2,1-3H3,(H2,15,19). The van der Waals surface area contributed by atoms with Gasteiger partial charge in [-0.3, -0.25) is 10.1 Å². The number of primary amides is 1. The molecular weight excluding hydrogens is 240 g/mol. The van der Waals surface area contributed by atoms with Gasteiger partial charge in [-0.1, -0.05) is 0 Å². The van der Waals surface area contributed by atoms with Crippen LogP contribution in [-0.4, -0.2) is 67.1 Å². The van der Waals surface area contributed by atoms with E-state index in [2.05, 4.69) is 29.2 Å². The van der Waals surface area contributed by atoms with Gasteiger partial charge in [0.05, 0.1) is 0 Å². The van der Waals surface area contributed by atoms with Crippen LogP contribution < -0.4 is 11.1 Å². The van der Waals surface area contributed by atoms with Crippen molar-refractivity contribution >= 4 is 5.91 Å². The molecule has 0 aromatic rings. The lowest BCUT2D eigenvalue weighted by molar-refractivity contribution is -0.124. The van der Waals surface area contributed by atoms with Gasteiger partial charge in [0.25, 0.3) is 0 Å². The number of nitrogens with one attached hydrogen (secondary N) is 1. The second-order valence-corrected chi connectivity index (χ2v) is 6.59. The van der Waals surface area contributed by atoms with Crippen LogP contribution in [0.5, 0.6) is 0 Å². The van der Waals surface area contributed by atoms with E-state index >= 15 is 0 Å². The highest BCUT2D eigenvalue weighted by molar-refractivity contribution is 5.84. The molecule has 110 valence electrons. The molecule has 0 radical (unpaired) electrons. The first kappa shape index (κ1) is 14.8. The van der Waals surface area contributed by atoms with Crippen molar-refractivity contribution < 1.29 is 4.79 Å². The van der Waals surface area contributed by atoms with Crippen LogP contribution in [0.25, 0.3) is 0 Å². The van der Waals surface area contributed by atoms with E-state index in [1.165, 1.54) is 25.7 Å². The van der Waals surface area contributed by atoms with Gasteiger partial charge in [-0.2, -0.15) is 0 Å². The molecule has 1 heterocycles. The summed E-state index contributed by atoms with van der Waals surface area (Å²) in [6.45, 7) is 4.79. The maximum Gasteiger partial charge on any atom is 0.238 e. The molecule has 2 aliphatic rings. The number of nitrogens with two attached hydrogens (primary N) is 1. The van der Waals surface area contributed by atoms with Gasteiger partial charge >= 0.3 is 0 Å². The van der Waals surface area contributed by atoms with Crippen molar-refractivity contribution in [1.29, 1.82) is 0 Å². The molecule has 0 aromatic carbocycles. The van der Waals surface area contributed by atoms with E-state index in [1.54, 1.807) is 0 Å². The van der Waals surface area contributed by atoms with Crippen LogP contribution in [0.1, 0.15) is 32.6 Å². The fourth-order valence-electron chi connectivity index (χ4n) is 2.91. The first-order valence-electron chi connectivity index (χ1n) is 7.37. The van der Waals surface area contributed by atoms with Gasteiger partial charge in [0.1, 0.15) is 5.54 Å². The van der Waals surface area contributed by atoms with Crippen molar-refractivity contribution in [3.63, 3.8) is 0 Å². The fraction of sp³-hybridized carbons (Fsp3) is 0.929. The predicted octanol–water partition coefficient (Wildman–Crippen LogP) is 0.00840. The summed E-state index contributed by atoms with van der Waals surface area (Å²) in [6.07, 6.45) is 4.69. The summed E-state index contributed by atoms with van der Waals surface area (Å²) in [5.41, 5.74) is 5.03. The Morgan fingerprint density at radius 3 is 2.32 bits per heavy atom. The zero-order valence-corrected chi connectivity index (χ0v) is 12.5. The number of amides is 1. The molecule has 1 saturated heterocycles. The first-order chi connectivity index (χ1) is 8.90. The summed E-state index contributed by atoms with van der Waals surface area (Å²) in [4.78, 5) is 16.4. The van der Waals surface area contributed by atoms with Crippen LogP contribution in [-0.2, 0) is 4.79 Å². The van der Waals surface area contributed by atoms with E-state index in [1.807, 2.05) is 6.92 Å². The average molecular weight is 268 g/mol.